The number of rotatable bonds is 6. The SMILES string of the molecule is Cc1ccc2c(c1)N(C(=O)CSc1nc3ccccc3c(=O)n1CCc1cccs1)CCO2. The van der Waals surface area contributed by atoms with E-state index < -0.39 is 0 Å². The fraction of sp³-hybridized carbons (Fsp3) is 0.240. The van der Waals surface area contributed by atoms with E-state index in [2.05, 4.69) is 6.07 Å². The lowest BCUT2D eigenvalue weighted by Crippen LogP contribution is -2.39. The quantitative estimate of drug-likeness (QED) is 0.302. The van der Waals surface area contributed by atoms with Gasteiger partial charge in [0, 0.05) is 11.4 Å². The first-order valence-corrected chi connectivity index (χ1v) is 12.7. The van der Waals surface area contributed by atoms with E-state index in [1.807, 2.05) is 54.8 Å². The zero-order valence-corrected chi connectivity index (χ0v) is 19.8. The predicted octanol–water partition coefficient (Wildman–Crippen LogP) is 4.53. The maximum absolute atomic E-state index is 13.3. The number of anilines is 1. The van der Waals surface area contributed by atoms with E-state index in [0.29, 0.717) is 35.8 Å². The van der Waals surface area contributed by atoms with Gasteiger partial charge in [-0.1, -0.05) is 36.0 Å². The summed E-state index contributed by atoms with van der Waals surface area (Å²) >= 11 is 2.99. The van der Waals surface area contributed by atoms with Crippen LogP contribution in [0.1, 0.15) is 10.4 Å². The first-order valence-electron chi connectivity index (χ1n) is 10.8. The van der Waals surface area contributed by atoms with Crippen LogP contribution in [-0.2, 0) is 17.8 Å². The van der Waals surface area contributed by atoms with Crippen LogP contribution in [0.3, 0.4) is 0 Å². The molecule has 8 heteroatoms. The molecule has 2 aromatic carbocycles. The van der Waals surface area contributed by atoms with Gasteiger partial charge in [-0.15, -0.1) is 11.3 Å². The summed E-state index contributed by atoms with van der Waals surface area (Å²) in [5.41, 5.74) is 2.45. The summed E-state index contributed by atoms with van der Waals surface area (Å²) in [7, 11) is 0. The van der Waals surface area contributed by atoms with Crippen molar-refractivity contribution >= 4 is 45.6 Å². The Hall–Kier alpha value is -3.10. The average Bonchev–Trinajstić information content (AvgIpc) is 3.35. The van der Waals surface area contributed by atoms with Gasteiger partial charge in [-0.05, 0) is 54.6 Å². The highest BCUT2D eigenvalue weighted by Crippen LogP contribution is 2.33. The van der Waals surface area contributed by atoms with E-state index in [1.54, 1.807) is 26.9 Å². The van der Waals surface area contributed by atoms with Crippen molar-refractivity contribution in [3.8, 4) is 5.75 Å². The molecule has 3 heterocycles. The van der Waals surface area contributed by atoms with Gasteiger partial charge < -0.3 is 9.64 Å². The number of ether oxygens (including phenoxy) is 1. The summed E-state index contributed by atoms with van der Waals surface area (Å²) in [5, 5.41) is 3.20. The summed E-state index contributed by atoms with van der Waals surface area (Å²) < 4.78 is 7.42. The van der Waals surface area contributed by atoms with Crippen molar-refractivity contribution in [1.29, 1.82) is 0 Å². The van der Waals surface area contributed by atoms with Crippen LogP contribution in [0.2, 0.25) is 0 Å². The van der Waals surface area contributed by atoms with Gasteiger partial charge in [0.25, 0.3) is 5.56 Å². The lowest BCUT2D eigenvalue weighted by atomic mass is 10.1. The van der Waals surface area contributed by atoms with Crippen molar-refractivity contribution in [2.45, 2.75) is 25.0 Å². The molecule has 1 amide bonds. The number of hydrogen-bond acceptors (Lipinski definition) is 6. The normalized spacial score (nSPS) is 13.1. The van der Waals surface area contributed by atoms with E-state index in [0.717, 1.165) is 23.4 Å². The molecule has 4 aromatic rings. The van der Waals surface area contributed by atoms with Crippen LogP contribution in [-0.4, -0.2) is 34.4 Å². The van der Waals surface area contributed by atoms with Gasteiger partial charge in [0.15, 0.2) is 5.16 Å². The molecule has 0 N–H and O–H groups in total. The predicted molar refractivity (Wildman–Crippen MR) is 134 cm³/mol. The second-order valence-corrected chi connectivity index (χ2v) is 9.83. The number of para-hydroxylation sites is 1. The molecule has 0 saturated carbocycles. The lowest BCUT2D eigenvalue weighted by Gasteiger charge is -2.29. The van der Waals surface area contributed by atoms with Gasteiger partial charge in [0.2, 0.25) is 5.91 Å². The third kappa shape index (κ3) is 4.54. The van der Waals surface area contributed by atoms with Gasteiger partial charge in [0.1, 0.15) is 12.4 Å². The van der Waals surface area contributed by atoms with Gasteiger partial charge >= 0.3 is 0 Å². The number of benzene rings is 2. The molecule has 168 valence electrons. The zero-order chi connectivity index (χ0) is 22.8. The number of carbonyl (C=O) groups is 1. The van der Waals surface area contributed by atoms with E-state index in [1.165, 1.54) is 16.6 Å². The van der Waals surface area contributed by atoms with Crippen LogP contribution >= 0.6 is 23.1 Å². The zero-order valence-electron chi connectivity index (χ0n) is 18.2. The van der Waals surface area contributed by atoms with Crippen molar-refractivity contribution in [2.75, 3.05) is 23.8 Å². The van der Waals surface area contributed by atoms with Crippen molar-refractivity contribution in [3.63, 3.8) is 0 Å². The molecule has 0 aliphatic carbocycles. The Morgan fingerprint density at radius 1 is 1.18 bits per heavy atom. The van der Waals surface area contributed by atoms with Gasteiger partial charge in [-0.2, -0.15) is 0 Å². The third-order valence-corrected chi connectivity index (χ3v) is 7.49. The summed E-state index contributed by atoms with van der Waals surface area (Å²) in [6.45, 7) is 3.49. The lowest BCUT2D eigenvalue weighted by molar-refractivity contribution is -0.116. The number of nitrogens with zero attached hydrogens (tertiary/aromatic N) is 3. The molecule has 6 nitrogen and oxygen atoms in total. The Morgan fingerprint density at radius 3 is 2.91 bits per heavy atom. The van der Waals surface area contributed by atoms with Crippen molar-refractivity contribution in [3.05, 3.63) is 80.8 Å². The summed E-state index contributed by atoms with van der Waals surface area (Å²) in [6, 6.07) is 17.3. The fourth-order valence-electron chi connectivity index (χ4n) is 3.92. The van der Waals surface area contributed by atoms with Crippen LogP contribution in [0.25, 0.3) is 10.9 Å². The molecule has 0 saturated heterocycles. The average molecular weight is 478 g/mol. The first kappa shape index (κ1) is 21.7. The van der Waals surface area contributed by atoms with E-state index in [4.69, 9.17) is 9.72 Å². The van der Waals surface area contributed by atoms with Crippen LogP contribution in [0.15, 0.2) is 69.9 Å². The van der Waals surface area contributed by atoms with Crippen LogP contribution in [0.5, 0.6) is 5.75 Å². The number of hydrogen-bond donors (Lipinski definition) is 0. The summed E-state index contributed by atoms with van der Waals surface area (Å²) in [5.74, 6) is 0.890. The molecule has 0 atom stereocenters. The number of aromatic nitrogens is 2. The molecule has 0 spiro atoms. The van der Waals surface area contributed by atoms with E-state index in [-0.39, 0.29) is 17.2 Å². The Labute approximate surface area is 199 Å². The first-order chi connectivity index (χ1) is 16.1. The smallest absolute Gasteiger partial charge is 0.262 e. The number of thioether (sulfide) groups is 1. The second kappa shape index (κ2) is 9.41. The third-order valence-electron chi connectivity index (χ3n) is 5.59. The minimum Gasteiger partial charge on any atom is -0.490 e. The molecule has 1 aliphatic rings. The standard InChI is InChI=1S/C25H23N3O3S2/c1-17-8-9-22-21(15-17)27(12-13-31-22)23(29)16-33-25-26-20-7-3-2-6-19(20)24(30)28(25)11-10-18-5-4-14-32-18/h2-9,14-15H,10-13,16H2,1H3. The number of amides is 1. The topological polar surface area (TPSA) is 64.4 Å². The molecule has 0 fully saturated rings. The van der Waals surface area contributed by atoms with Gasteiger partial charge in [-0.25, -0.2) is 4.98 Å². The number of carbonyl (C=O) groups excluding carboxylic acids is 1. The highest BCUT2D eigenvalue weighted by Gasteiger charge is 2.24. The van der Waals surface area contributed by atoms with Crippen LogP contribution < -0.4 is 15.2 Å². The second-order valence-electron chi connectivity index (χ2n) is 7.85. The molecule has 33 heavy (non-hydrogen) atoms. The maximum atomic E-state index is 13.3. The minimum atomic E-state index is -0.0700. The Balaban J connectivity index is 1.41. The van der Waals surface area contributed by atoms with E-state index in [9.17, 15) is 9.59 Å². The molecule has 0 radical (unpaired) electrons. The van der Waals surface area contributed by atoms with E-state index >= 15 is 0 Å². The van der Waals surface area contributed by atoms with Crippen LogP contribution in [0, 0.1) is 6.92 Å². The molecule has 0 bridgehead atoms. The molecule has 2 aromatic heterocycles. The molecular formula is C25H23N3O3S2. The fourth-order valence-corrected chi connectivity index (χ4v) is 5.52. The monoisotopic (exact) mass is 477 g/mol. The maximum Gasteiger partial charge on any atom is 0.262 e. The van der Waals surface area contributed by atoms with Gasteiger partial charge in [-0.3, -0.25) is 14.2 Å². The van der Waals surface area contributed by atoms with Crippen LogP contribution in [0.4, 0.5) is 5.69 Å². The Morgan fingerprint density at radius 2 is 2.06 bits per heavy atom. The highest BCUT2D eigenvalue weighted by atomic mass is 32.2. The Bertz CT molecular complexity index is 1370. The molecule has 0 unspecified atom stereocenters. The van der Waals surface area contributed by atoms with Gasteiger partial charge in [0.05, 0.1) is 28.9 Å². The minimum absolute atomic E-state index is 0.0256. The number of aryl methyl sites for hydroxylation is 2. The highest BCUT2D eigenvalue weighted by molar-refractivity contribution is 7.99. The Kier molecular flexibility index (Phi) is 6.20. The van der Waals surface area contributed by atoms with Crippen molar-refractivity contribution < 1.29 is 9.53 Å². The summed E-state index contributed by atoms with van der Waals surface area (Å²) in [6.07, 6.45) is 0.745. The largest absolute Gasteiger partial charge is 0.490 e. The summed E-state index contributed by atoms with van der Waals surface area (Å²) in [4.78, 5) is 34.2. The van der Waals surface area contributed by atoms with Crippen molar-refractivity contribution in [2.24, 2.45) is 0 Å². The molecular weight excluding hydrogens is 454 g/mol. The molecule has 5 rings (SSSR count). The number of thiophene rings is 1. The van der Waals surface area contributed by atoms with Crippen molar-refractivity contribution in [1.82, 2.24) is 9.55 Å². The molecule has 1 aliphatic heterocycles. The number of fused-ring (bicyclic) bond motifs is 2.